The van der Waals surface area contributed by atoms with Crippen LogP contribution in [0.4, 0.5) is 4.79 Å². The van der Waals surface area contributed by atoms with Crippen LogP contribution in [0.1, 0.15) is 16.3 Å². The molecule has 1 fully saturated rings. The maximum Gasteiger partial charge on any atom is 0.318 e. The highest BCUT2D eigenvalue weighted by atomic mass is 32.1. The molecule has 0 radical (unpaired) electrons. The quantitative estimate of drug-likeness (QED) is 0.721. The first-order valence-corrected chi connectivity index (χ1v) is 7.24. The molecule has 9 heteroatoms. The van der Waals surface area contributed by atoms with E-state index in [2.05, 4.69) is 15.6 Å². The Morgan fingerprint density at radius 1 is 1.62 bits per heavy atom. The minimum absolute atomic E-state index is 0.289. The molecule has 1 aliphatic rings. The van der Waals surface area contributed by atoms with Crippen LogP contribution in [-0.2, 0) is 16.1 Å². The molecule has 114 valence electrons. The van der Waals surface area contributed by atoms with Crippen molar-refractivity contribution in [2.75, 3.05) is 13.1 Å². The highest BCUT2D eigenvalue weighted by Crippen LogP contribution is 2.12. The topological polar surface area (TPSA) is 112 Å². The van der Waals surface area contributed by atoms with E-state index in [0.717, 1.165) is 9.88 Å². The highest BCUT2D eigenvalue weighted by molar-refractivity contribution is 7.11. The summed E-state index contributed by atoms with van der Waals surface area (Å²) in [5.74, 6) is -1.56. The first-order chi connectivity index (χ1) is 9.97. The SMILES string of the molecule is Cc1ncc(CNC(=O)N2CCNC(=O)C2CC(=O)O)s1. The van der Waals surface area contributed by atoms with Crippen molar-refractivity contribution in [3.8, 4) is 0 Å². The number of aryl methyl sites for hydroxylation is 1. The average molecular weight is 312 g/mol. The number of aromatic nitrogens is 1. The Labute approximate surface area is 125 Å². The van der Waals surface area contributed by atoms with Gasteiger partial charge in [0, 0.05) is 24.2 Å². The second kappa shape index (κ2) is 6.53. The molecule has 0 aromatic carbocycles. The van der Waals surface area contributed by atoms with Crippen molar-refractivity contribution < 1.29 is 19.5 Å². The molecule has 3 amide bonds. The number of carbonyl (C=O) groups is 3. The van der Waals surface area contributed by atoms with Crippen LogP contribution in [0.5, 0.6) is 0 Å². The molecule has 1 aromatic rings. The molecule has 8 nitrogen and oxygen atoms in total. The molecule has 2 rings (SSSR count). The van der Waals surface area contributed by atoms with Gasteiger partial charge in [-0.3, -0.25) is 9.59 Å². The van der Waals surface area contributed by atoms with Crippen LogP contribution in [0.15, 0.2) is 6.20 Å². The first kappa shape index (κ1) is 15.2. The summed E-state index contributed by atoms with van der Waals surface area (Å²) in [6, 6.07) is -1.42. The van der Waals surface area contributed by atoms with Crippen LogP contribution in [0.2, 0.25) is 0 Å². The highest BCUT2D eigenvalue weighted by Gasteiger charge is 2.34. The summed E-state index contributed by atoms with van der Waals surface area (Å²) < 4.78 is 0. The zero-order valence-corrected chi connectivity index (χ0v) is 12.3. The predicted octanol–water partition coefficient (Wildman–Crippen LogP) is -0.0638. The molecule has 1 unspecified atom stereocenters. The summed E-state index contributed by atoms with van der Waals surface area (Å²) >= 11 is 1.47. The van der Waals surface area contributed by atoms with Gasteiger partial charge in [0.2, 0.25) is 5.91 Å². The van der Waals surface area contributed by atoms with Gasteiger partial charge in [0.25, 0.3) is 0 Å². The number of carbonyl (C=O) groups excluding carboxylic acids is 2. The summed E-state index contributed by atoms with van der Waals surface area (Å²) in [6.45, 7) is 2.79. The Hall–Kier alpha value is -2.16. The van der Waals surface area contributed by atoms with E-state index in [-0.39, 0.29) is 6.54 Å². The molecule has 1 saturated heterocycles. The van der Waals surface area contributed by atoms with Crippen molar-refractivity contribution in [2.45, 2.75) is 25.9 Å². The van der Waals surface area contributed by atoms with Crippen LogP contribution in [0.3, 0.4) is 0 Å². The Kier molecular flexibility index (Phi) is 4.73. The molecule has 3 N–H and O–H groups in total. The maximum atomic E-state index is 12.1. The fourth-order valence-corrected chi connectivity index (χ4v) is 2.81. The number of thiazole rings is 1. The van der Waals surface area contributed by atoms with E-state index < -0.39 is 30.4 Å². The number of nitrogens with one attached hydrogen (secondary N) is 2. The number of rotatable bonds is 4. The van der Waals surface area contributed by atoms with Crippen molar-refractivity contribution in [2.24, 2.45) is 0 Å². The number of carboxylic acids is 1. The minimum atomic E-state index is -1.12. The lowest BCUT2D eigenvalue weighted by Gasteiger charge is -2.34. The van der Waals surface area contributed by atoms with Gasteiger partial charge in [-0.25, -0.2) is 9.78 Å². The van der Waals surface area contributed by atoms with Crippen LogP contribution in [-0.4, -0.2) is 52.0 Å². The van der Waals surface area contributed by atoms with Gasteiger partial charge in [0.15, 0.2) is 0 Å². The molecule has 1 aliphatic heterocycles. The summed E-state index contributed by atoms with van der Waals surface area (Å²) in [6.07, 6.45) is 1.27. The zero-order chi connectivity index (χ0) is 15.4. The maximum absolute atomic E-state index is 12.1. The number of nitrogens with zero attached hydrogens (tertiary/aromatic N) is 2. The second-order valence-corrected chi connectivity index (χ2v) is 5.92. The number of aliphatic carboxylic acids is 1. The Balaban J connectivity index is 1.98. The van der Waals surface area contributed by atoms with Gasteiger partial charge in [-0.2, -0.15) is 0 Å². The van der Waals surface area contributed by atoms with Crippen LogP contribution < -0.4 is 10.6 Å². The molecule has 0 spiro atoms. The summed E-state index contributed by atoms with van der Waals surface area (Å²) in [5, 5.41) is 15.0. The molecule has 0 saturated carbocycles. The van der Waals surface area contributed by atoms with Gasteiger partial charge in [0.1, 0.15) is 6.04 Å². The van der Waals surface area contributed by atoms with E-state index in [0.29, 0.717) is 13.1 Å². The van der Waals surface area contributed by atoms with Gasteiger partial charge in [-0.1, -0.05) is 0 Å². The van der Waals surface area contributed by atoms with Gasteiger partial charge in [-0.05, 0) is 6.92 Å². The Bertz CT molecular complexity index is 559. The molecule has 21 heavy (non-hydrogen) atoms. The van der Waals surface area contributed by atoms with Gasteiger partial charge >= 0.3 is 12.0 Å². The van der Waals surface area contributed by atoms with Crippen molar-refractivity contribution in [1.29, 1.82) is 0 Å². The van der Waals surface area contributed by atoms with Crippen molar-refractivity contribution in [1.82, 2.24) is 20.5 Å². The van der Waals surface area contributed by atoms with E-state index in [1.54, 1.807) is 6.20 Å². The number of hydrogen-bond acceptors (Lipinski definition) is 5. The summed E-state index contributed by atoms with van der Waals surface area (Å²) in [4.78, 5) is 40.9. The number of piperazine rings is 1. The van der Waals surface area contributed by atoms with Crippen LogP contribution in [0.25, 0.3) is 0 Å². The zero-order valence-electron chi connectivity index (χ0n) is 11.5. The van der Waals surface area contributed by atoms with E-state index in [1.165, 1.54) is 16.2 Å². The van der Waals surface area contributed by atoms with Crippen LogP contribution in [0, 0.1) is 6.92 Å². The number of amides is 3. The normalized spacial score (nSPS) is 18.2. The third-order valence-electron chi connectivity index (χ3n) is 3.04. The van der Waals surface area contributed by atoms with Gasteiger partial charge < -0.3 is 20.6 Å². The van der Waals surface area contributed by atoms with E-state index >= 15 is 0 Å². The number of urea groups is 1. The number of hydrogen-bond donors (Lipinski definition) is 3. The van der Waals surface area contributed by atoms with Gasteiger partial charge in [0.05, 0.1) is 18.0 Å². The predicted molar refractivity (Wildman–Crippen MR) is 74.8 cm³/mol. The lowest BCUT2D eigenvalue weighted by atomic mass is 10.1. The third kappa shape index (κ3) is 3.91. The molecule has 0 aliphatic carbocycles. The fraction of sp³-hybridized carbons (Fsp3) is 0.500. The summed E-state index contributed by atoms with van der Waals surface area (Å²) in [7, 11) is 0. The molecule has 1 atom stereocenters. The standard InChI is InChI=1S/C12H16N4O4S/c1-7-14-5-8(21-7)6-15-12(20)16-3-2-13-11(19)9(16)4-10(17)18/h5,9H,2-4,6H2,1H3,(H,13,19)(H,15,20)(H,17,18). The Morgan fingerprint density at radius 2 is 2.38 bits per heavy atom. The summed E-state index contributed by atoms with van der Waals surface area (Å²) in [5.41, 5.74) is 0. The molecule has 1 aromatic heterocycles. The molecule has 0 bridgehead atoms. The molecular weight excluding hydrogens is 296 g/mol. The van der Waals surface area contributed by atoms with E-state index in [1.807, 2.05) is 6.92 Å². The molecular formula is C12H16N4O4S. The first-order valence-electron chi connectivity index (χ1n) is 6.42. The average Bonchev–Trinajstić information content (AvgIpc) is 2.84. The number of carboxylic acid groups (broad SMARTS) is 1. The van der Waals surface area contributed by atoms with Crippen molar-refractivity contribution in [3.63, 3.8) is 0 Å². The Morgan fingerprint density at radius 3 is 3.00 bits per heavy atom. The van der Waals surface area contributed by atoms with Crippen molar-refractivity contribution >= 4 is 29.2 Å². The monoisotopic (exact) mass is 312 g/mol. The van der Waals surface area contributed by atoms with E-state index in [9.17, 15) is 14.4 Å². The second-order valence-electron chi connectivity index (χ2n) is 4.60. The minimum Gasteiger partial charge on any atom is -0.481 e. The molecule has 2 heterocycles. The third-order valence-corrected chi connectivity index (χ3v) is 3.96. The largest absolute Gasteiger partial charge is 0.481 e. The smallest absolute Gasteiger partial charge is 0.318 e. The van der Waals surface area contributed by atoms with E-state index in [4.69, 9.17) is 5.11 Å². The fourth-order valence-electron chi connectivity index (χ4n) is 2.08. The lowest BCUT2D eigenvalue weighted by molar-refractivity contribution is -0.142. The lowest BCUT2D eigenvalue weighted by Crippen LogP contribution is -2.59. The van der Waals surface area contributed by atoms with Gasteiger partial charge in [-0.15, -0.1) is 11.3 Å². The van der Waals surface area contributed by atoms with Crippen molar-refractivity contribution in [3.05, 3.63) is 16.1 Å². The van der Waals surface area contributed by atoms with Crippen LogP contribution >= 0.6 is 11.3 Å².